The molecule has 1 amide bonds. The zero-order chi connectivity index (χ0) is 14.7. The minimum Gasteiger partial charge on any atom is -0.493 e. The Labute approximate surface area is 126 Å². The maximum absolute atomic E-state index is 12.2. The van der Waals surface area contributed by atoms with Crippen LogP contribution >= 0.6 is 0 Å². The summed E-state index contributed by atoms with van der Waals surface area (Å²) in [5.41, 5.74) is 0.708. The van der Waals surface area contributed by atoms with Crippen LogP contribution < -0.4 is 15.4 Å². The smallest absolute Gasteiger partial charge is 0.251 e. The van der Waals surface area contributed by atoms with Gasteiger partial charge in [0.1, 0.15) is 5.75 Å². The van der Waals surface area contributed by atoms with Crippen LogP contribution in [0, 0.1) is 5.92 Å². The van der Waals surface area contributed by atoms with Crippen molar-refractivity contribution in [2.24, 2.45) is 5.92 Å². The SMILES string of the molecule is CC1CC(NC(=O)c2ccc(OCC3CC3)cc2)CCN1. The fourth-order valence-corrected chi connectivity index (χ4v) is 2.73. The molecule has 2 unspecified atom stereocenters. The van der Waals surface area contributed by atoms with Crippen molar-refractivity contribution in [3.63, 3.8) is 0 Å². The molecule has 2 atom stereocenters. The van der Waals surface area contributed by atoms with Crippen molar-refractivity contribution in [2.45, 2.75) is 44.7 Å². The molecule has 2 N–H and O–H groups in total. The van der Waals surface area contributed by atoms with Gasteiger partial charge in [-0.05, 0) is 69.3 Å². The molecule has 3 rings (SSSR count). The molecule has 1 aliphatic heterocycles. The summed E-state index contributed by atoms with van der Waals surface area (Å²) in [5, 5.41) is 6.52. The molecule has 1 aromatic rings. The van der Waals surface area contributed by atoms with E-state index >= 15 is 0 Å². The lowest BCUT2D eigenvalue weighted by Gasteiger charge is -2.28. The maximum atomic E-state index is 12.2. The Morgan fingerprint density at radius 3 is 2.71 bits per heavy atom. The highest BCUT2D eigenvalue weighted by Gasteiger charge is 2.22. The second kappa shape index (κ2) is 6.48. The van der Waals surface area contributed by atoms with E-state index in [0.29, 0.717) is 11.6 Å². The number of amides is 1. The molecule has 4 heteroatoms. The van der Waals surface area contributed by atoms with Gasteiger partial charge in [0.25, 0.3) is 5.91 Å². The van der Waals surface area contributed by atoms with Gasteiger partial charge >= 0.3 is 0 Å². The van der Waals surface area contributed by atoms with Crippen molar-refractivity contribution in [3.05, 3.63) is 29.8 Å². The lowest BCUT2D eigenvalue weighted by molar-refractivity contribution is 0.0925. The van der Waals surface area contributed by atoms with E-state index < -0.39 is 0 Å². The van der Waals surface area contributed by atoms with E-state index in [-0.39, 0.29) is 11.9 Å². The zero-order valence-electron chi connectivity index (χ0n) is 12.6. The summed E-state index contributed by atoms with van der Waals surface area (Å²) in [6.45, 7) is 3.93. The van der Waals surface area contributed by atoms with E-state index in [4.69, 9.17) is 4.74 Å². The van der Waals surface area contributed by atoms with Crippen LogP contribution in [0.5, 0.6) is 5.75 Å². The third kappa shape index (κ3) is 4.21. The fourth-order valence-electron chi connectivity index (χ4n) is 2.73. The van der Waals surface area contributed by atoms with Gasteiger partial charge in [-0.1, -0.05) is 0 Å². The Kier molecular flexibility index (Phi) is 4.44. The van der Waals surface area contributed by atoms with Gasteiger partial charge in [-0.2, -0.15) is 0 Å². The van der Waals surface area contributed by atoms with Gasteiger partial charge in [0, 0.05) is 17.6 Å². The summed E-state index contributed by atoms with van der Waals surface area (Å²) in [7, 11) is 0. The molecule has 1 saturated heterocycles. The van der Waals surface area contributed by atoms with Gasteiger partial charge in [-0.25, -0.2) is 0 Å². The minimum atomic E-state index is 0.0165. The van der Waals surface area contributed by atoms with Crippen molar-refractivity contribution < 1.29 is 9.53 Å². The molecular formula is C17H24N2O2. The maximum Gasteiger partial charge on any atom is 0.251 e. The van der Waals surface area contributed by atoms with Gasteiger partial charge in [0.2, 0.25) is 0 Å². The predicted molar refractivity (Wildman–Crippen MR) is 82.6 cm³/mol. The first-order valence-electron chi connectivity index (χ1n) is 7.98. The molecular weight excluding hydrogens is 264 g/mol. The largest absolute Gasteiger partial charge is 0.493 e. The summed E-state index contributed by atoms with van der Waals surface area (Å²) in [6, 6.07) is 8.23. The standard InChI is InChI=1S/C17H24N2O2/c1-12-10-15(8-9-18-12)19-17(20)14-4-6-16(7-5-14)21-11-13-2-3-13/h4-7,12-13,15,18H,2-3,8-11H2,1H3,(H,19,20). The molecule has 1 heterocycles. The number of hydrogen-bond donors (Lipinski definition) is 2. The number of ether oxygens (including phenoxy) is 1. The third-order valence-corrected chi connectivity index (χ3v) is 4.26. The van der Waals surface area contributed by atoms with E-state index in [1.54, 1.807) is 0 Å². The number of carbonyl (C=O) groups is 1. The van der Waals surface area contributed by atoms with Crippen molar-refractivity contribution in [1.82, 2.24) is 10.6 Å². The number of hydrogen-bond acceptors (Lipinski definition) is 3. The number of piperidine rings is 1. The first-order chi connectivity index (χ1) is 10.2. The molecule has 2 fully saturated rings. The molecule has 0 spiro atoms. The van der Waals surface area contributed by atoms with E-state index in [2.05, 4.69) is 17.6 Å². The van der Waals surface area contributed by atoms with Crippen LogP contribution in [0.3, 0.4) is 0 Å². The highest BCUT2D eigenvalue weighted by molar-refractivity contribution is 5.94. The first kappa shape index (κ1) is 14.4. The van der Waals surface area contributed by atoms with E-state index in [1.807, 2.05) is 24.3 Å². The topological polar surface area (TPSA) is 50.4 Å². The van der Waals surface area contributed by atoms with E-state index in [9.17, 15) is 4.79 Å². The molecule has 1 saturated carbocycles. The average Bonchev–Trinajstić information content (AvgIpc) is 3.30. The van der Waals surface area contributed by atoms with Crippen LogP contribution in [0.1, 0.15) is 43.0 Å². The Morgan fingerprint density at radius 2 is 2.05 bits per heavy atom. The predicted octanol–water partition coefficient (Wildman–Crippen LogP) is 2.35. The number of carbonyl (C=O) groups excluding carboxylic acids is 1. The third-order valence-electron chi connectivity index (χ3n) is 4.26. The van der Waals surface area contributed by atoms with Crippen LogP contribution in [0.25, 0.3) is 0 Å². The van der Waals surface area contributed by atoms with Crippen molar-refractivity contribution in [1.29, 1.82) is 0 Å². The first-order valence-corrected chi connectivity index (χ1v) is 7.98. The summed E-state index contributed by atoms with van der Waals surface area (Å²) in [6.07, 6.45) is 4.57. The number of nitrogens with one attached hydrogen (secondary N) is 2. The molecule has 1 aliphatic carbocycles. The van der Waals surface area contributed by atoms with Gasteiger partial charge < -0.3 is 15.4 Å². The molecule has 21 heavy (non-hydrogen) atoms. The van der Waals surface area contributed by atoms with Crippen molar-refractivity contribution in [2.75, 3.05) is 13.2 Å². The monoisotopic (exact) mass is 288 g/mol. The van der Waals surface area contributed by atoms with Crippen molar-refractivity contribution >= 4 is 5.91 Å². The van der Waals surface area contributed by atoms with Crippen LogP contribution in [0.4, 0.5) is 0 Å². The van der Waals surface area contributed by atoms with Crippen LogP contribution in [0.2, 0.25) is 0 Å². The van der Waals surface area contributed by atoms with Gasteiger partial charge in [0.05, 0.1) is 6.61 Å². The Morgan fingerprint density at radius 1 is 1.29 bits per heavy atom. The molecule has 1 aromatic carbocycles. The van der Waals surface area contributed by atoms with Crippen LogP contribution in [0.15, 0.2) is 24.3 Å². The molecule has 2 aliphatic rings. The highest BCUT2D eigenvalue weighted by atomic mass is 16.5. The molecule has 114 valence electrons. The summed E-state index contributed by atoms with van der Waals surface area (Å²) in [5.74, 6) is 1.62. The van der Waals surface area contributed by atoms with Crippen molar-refractivity contribution in [3.8, 4) is 5.75 Å². The molecule has 0 aromatic heterocycles. The van der Waals surface area contributed by atoms with E-state index in [1.165, 1.54) is 12.8 Å². The lowest BCUT2D eigenvalue weighted by Crippen LogP contribution is -2.46. The number of rotatable bonds is 5. The van der Waals surface area contributed by atoms with E-state index in [0.717, 1.165) is 37.7 Å². The second-order valence-corrected chi connectivity index (χ2v) is 6.33. The highest BCUT2D eigenvalue weighted by Crippen LogP contribution is 2.29. The Bertz CT molecular complexity index is 482. The average molecular weight is 288 g/mol. The molecule has 0 radical (unpaired) electrons. The summed E-state index contributed by atoms with van der Waals surface area (Å²) < 4.78 is 5.69. The molecule has 4 nitrogen and oxygen atoms in total. The number of benzene rings is 1. The van der Waals surface area contributed by atoms with Gasteiger partial charge in [0.15, 0.2) is 0 Å². The Balaban J connectivity index is 1.51. The van der Waals surface area contributed by atoms with Crippen LogP contribution in [-0.2, 0) is 0 Å². The summed E-state index contributed by atoms with van der Waals surface area (Å²) >= 11 is 0. The second-order valence-electron chi connectivity index (χ2n) is 6.33. The summed E-state index contributed by atoms with van der Waals surface area (Å²) in [4.78, 5) is 12.2. The fraction of sp³-hybridized carbons (Fsp3) is 0.588. The molecule has 0 bridgehead atoms. The minimum absolute atomic E-state index is 0.0165. The lowest BCUT2D eigenvalue weighted by atomic mass is 10.0. The normalized spacial score (nSPS) is 25.4. The van der Waals surface area contributed by atoms with Gasteiger partial charge in [-0.15, -0.1) is 0 Å². The van der Waals surface area contributed by atoms with Crippen LogP contribution in [-0.4, -0.2) is 31.1 Å². The van der Waals surface area contributed by atoms with Gasteiger partial charge in [-0.3, -0.25) is 4.79 Å². The quantitative estimate of drug-likeness (QED) is 0.874. The Hall–Kier alpha value is -1.55. The zero-order valence-corrected chi connectivity index (χ0v) is 12.6.